The van der Waals surface area contributed by atoms with Gasteiger partial charge in [0.15, 0.2) is 5.78 Å². The van der Waals surface area contributed by atoms with E-state index in [-0.39, 0.29) is 24.3 Å². The highest BCUT2D eigenvalue weighted by Gasteiger charge is 2.31. The van der Waals surface area contributed by atoms with E-state index in [1.165, 1.54) is 5.56 Å². The minimum absolute atomic E-state index is 0.0559. The van der Waals surface area contributed by atoms with Crippen LogP contribution in [0.4, 0.5) is 15.3 Å². The number of ketones is 1. The number of thiophene rings is 1. The van der Waals surface area contributed by atoms with Crippen LogP contribution in [0.5, 0.6) is 0 Å². The van der Waals surface area contributed by atoms with Gasteiger partial charge in [-0.15, -0.1) is 11.3 Å². The summed E-state index contributed by atoms with van der Waals surface area (Å²) in [7, 11) is 0. The lowest BCUT2D eigenvalue weighted by Gasteiger charge is -2.40. The molecule has 2 aliphatic heterocycles. The van der Waals surface area contributed by atoms with Gasteiger partial charge in [0.05, 0.1) is 0 Å². The Bertz CT molecular complexity index is 1420. The number of carbonyl (C=O) groups excluding carboxylic acids is 3. The molecule has 0 saturated carbocycles. The van der Waals surface area contributed by atoms with Crippen molar-refractivity contribution in [1.82, 2.24) is 14.7 Å². The highest BCUT2D eigenvalue weighted by Crippen LogP contribution is 2.29. The number of ether oxygens (including phenoxy) is 1. The van der Waals surface area contributed by atoms with E-state index in [9.17, 15) is 14.4 Å². The van der Waals surface area contributed by atoms with Crippen molar-refractivity contribution in [1.29, 1.82) is 0 Å². The number of nitrogens with two attached hydrogens (primary N) is 1. The summed E-state index contributed by atoms with van der Waals surface area (Å²) in [6.45, 7) is 9.07. The number of anilines is 1. The summed E-state index contributed by atoms with van der Waals surface area (Å²) in [6.07, 6.45) is 2.78. The fourth-order valence-electron chi connectivity index (χ4n) is 5.73. The third-order valence-electron chi connectivity index (χ3n) is 8.19. The van der Waals surface area contributed by atoms with Crippen LogP contribution in [-0.2, 0) is 17.6 Å². The molecule has 0 bridgehead atoms. The molecule has 0 atom stereocenters. The number of hydrogen-bond donors (Lipinski definition) is 1. The number of nitrogens with zero attached hydrogens (tertiary/aromatic N) is 3. The monoisotopic (exact) mass is 602 g/mol. The molecular weight excluding hydrogens is 560 g/mol. The molecule has 0 radical (unpaired) electrons. The maximum atomic E-state index is 13.1. The molecule has 0 aliphatic carbocycles. The number of amides is 3. The molecule has 8 nitrogen and oxygen atoms in total. The highest BCUT2D eigenvalue weighted by atomic mass is 32.1. The van der Waals surface area contributed by atoms with E-state index in [1.54, 1.807) is 16.2 Å². The maximum Gasteiger partial charge on any atom is 0.410 e. The molecule has 9 heteroatoms. The van der Waals surface area contributed by atoms with Gasteiger partial charge in [0.2, 0.25) is 0 Å². The summed E-state index contributed by atoms with van der Waals surface area (Å²) < 4.78 is 5.46. The van der Waals surface area contributed by atoms with Gasteiger partial charge in [-0.3, -0.25) is 4.79 Å². The molecule has 2 saturated heterocycles. The molecule has 5 rings (SSSR count). The number of piperidine rings is 1. The number of benzene rings is 2. The Balaban J connectivity index is 1.07. The fraction of sp³-hybridized carbons (Fsp3) is 0.441. The summed E-state index contributed by atoms with van der Waals surface area (Å²) >= 11 is 1.67. The van der Waals surface area contributed by atoms with Crippen LogP contribution in [0.15, 0.2) is 60.0 Å². The van der Waals surface area contributed by atoms with Crippen LogP contribution in [-0.4, -0.2) is 77.5 Å². The second-order valence-electron chi connectivity index (χ2n) is 12.6. The van der Waals surface area contributed by atoms with E-state index in [1.807, 2.05) is 72.3 Å². The third kappa shape index (κ3) is 7.96. The molecule has 2 aromatic carbocycles. The number of likely N-dealkylation sites (tertiary alicyclic amines) is 1. The van der Waals surface area contributed by atoms with Crippen LogP contribution < -0.4 is 5.73 Å². The van der Waals surface area contributed by atoms with Gasteiger partial charge >= 0.3 is 12.1 Å². The Hall–Kier alpha value is -3.85. The third-order valence-corrected chi connectivity index (χ3v) is 9.11. The average molecular weight is 603 g/mol. The summed E-state index contributed by atoms with van der Waals surface area (Å²) in [5.41, 5.74) is 10.1. The van der Waals surface area contributed by atoms with E-state index in [0.717, 1.165) is 48.4 Å². The standard InChI is InChI=1S/C34H42N4O4S/c1-34(2,3)42-33(41)38-18-16-37(17-19-38)32(40)36-14-12-25(13-15-36)21-24-6-8-26(9-7-24)30(39)23-28-22-27(10-11-29(28)35)31-5-4-20-43-31/h4-11,20,22,25H,12-19,21,23,35H2,1-3H3. The molecule has 1 aromatic heterocycles. The minimum atomic E-state index is -0.527. The van der Waals surface area contributed by atoms with E-state index in [0.29, 0.717) is 43.3 Å². The van der Waals surface area contributed by atoms with Crippen molar-refractivity contribution in [2.45, 2.75) is 52.1 Å². The van der Waals surface area contributed by atoms with Crippen molar-refractivity contribution in [2.24, 2.45) is 5.92 Å². The highest BCUT2D eigenvalue weighted by molar-refractivity contribution is 7.13. The number of carbonyl (C=O) groups is 3. The molecule has 2 fully saturated rings. The fourth-order valence-corrected chi connectivity index (χ4v) is 6.45. The summed E-state index contributed by atoms with van der Waals surface area (Å²) in [5, 5.41) is 2.04. The minimum Gasteiger partial charge on any atom is -0.444 e. The molecule has 43 heavy (non-hydrogen) atoms. The molecule has 3 amide bonds. The molecule has 3 aromatic rings. The molecule has 2 N–H and O–H groups in total. The zero-order chi connectivity index (χ0) is 30.6. The predicted octanol–water partition coefficient (Wildman–Crippen LogP) is 6.35. The Morgan fingerprint density at radius 1 is 0.884 bits per heavy atom. The van der Waals surface area contributed by atoms with Crippen molar-refractivity contribution in [2.75, 3.05) is 45.0 Å². The second kappa shape index (κ2) is 13.2. The van der Waals surface area contributed by atoms with Gasteiger partial charge in [-0.2, -0.15) is 0 Å². The van der Waals surface area contributed by atoms with Crippen LogP contribution in [0.25, 0.3) is 10.4 Å². The van der Waals surface area contributed by atoms with E-state index in [4.69, 9.17) is 10.5 Å². The predicted molar refractivity (Wildman–Crippen MR) is 171 cm³/mol. The smallest absolute Gasteiger partial charge is 0.410 e. The SMILES string of the molecule is CC(C)(C)OC(=O)N1CCN(C(=O)N2CCC(Cc3ccc(C(=O)Cc4cc(-c5cccs5)ccc4N)cc3)CC2)CC1. The number of hydrogen-bond acceptors (Lipinski definition) is 6. The number of Topliss-reactive ketones (excluding diaryl/α,β-unsaturated/α-hetero) is 1. The van der Waals surface area contributed by atoms with Crippen LogP contribution in [0.2, 0.25) is 0 Å². The van der Waals surface area contributed by atoms with Crippen LogP contribution in [0.1, 0.15) is 55.1 Å². The van der Waals surface area contributed by atoms with Crippen molar-refractivity contribution in [3.05, 3.63) is 76.7 Å². The first-order valence-electron chi connectivity index (χ1n) is 15.1. The van der Waals surface area contributed by atoms with Crippen molar-refractivity contribution >= 4 is 34.9 Å². The topological polar surface area (TPSA) is 96.2 Å². The van der Waals surface area contributed by atoms with Crippen LogP contribution in [0.3, 0.4) is 0 Å². The van der Waals surface area contributed by atoms with E-state index in [2.05, 4.69) is 18.2 Å². The first-order chi connectivity index (χ1) is 20.6. The van der Waals surface area contributed by atoms with E-state index >= 15 is 0 Å². The molecular formula is C34H42N4O4S. The molecule has 3 heterocycles. The zero-order valence-electron chi connectivity index (χ0n) is 25.4. The van der Waals surface area contributed by atoms with Gasteiger partial charge in [0.1, 0.15) is 5.60 Å². The second-order valence-corrected chi connectivity index (χ2v) is 13.5. The van der Waals surface area contributed by atoms with Gasteiger partial charge < -0.3 is 25.2 Å². The maximum absolute atomic E-state index is 13.1. The quantitative estimate of drug-likeness (QED) is 0.262. The molecule has 0 spiro atoms. The van der Waals surface area contributed by atoms with Crippen LogP contribution in [0, 0.1) is 5.92 Å². The van der Waals surface area contributed by atoms with Crippen LogP contribution >= 0.6 is 11.3 Å². The molecule has 228 valence electrons. The molecule has 0 unspecified atom stereocenters. The lowest BCUT2D eigenvalue weighted by Crippen LogP contribution is -2.55. The van der Waals surface area contributed by atoms with Gasteiger partial charge in [-0.1, -0.05) is 36.4 Å². The van der Waals surface area contributed by atoms with Gasteiger partial charge in [0.25, 0.3) is 0 Å². The Morgan fingerprint density at radius 3 is 2.16 bits per heavy atom. The van der Waals surface area contributed by atoms with Gasteiger partial charge in [-0.05, 0) is 86.2 Å². The first kappa shape index (κ1) is 30.6. The van der Waals surface area contributed by atoms with Crippen molar-refractivity contribution in [3.63, 3.8) is 0 Å². The first-order valence-corrected chi connectivity index (χ1v) is 16.0. The Morgan fingerprint density at radius 2 is 1.53 bits per heavy atom. The molecule has 2 aliphatic rings. The number of rotatable bonds is 6. The summed E-state index contributed by atoms with van der Waals surface area (Å²) in [5.74, 6) is 0.551. The van der Waals surface area contributed by atoms with Crippen molar-refractivity contribution in [3.8, 4) is 10.4 Å². The summed E-state index contributed by atoms with van der Waals surface area (Å²) in [4.78, 5) is 45.2. The number of piperazine rings is 1. The van der Waals surface area contributed by atoms with E-state index < -0.39 is 5.60 Å². The van der Waals surface area contributed by atoms with Gasteiger partial charge in [-0.25, -0.2) is 9.59 Å². The summed E-state index contributed by atoms with van der Waals surface area (Å²) in [6, 6.07) is 18.0. The largest absolute Gasteiger partial charge is 0.444 e. The van der Waals surface area contributed by atoms with Crippen molar-refractivity contribution < 1.29 is 19.1 Å². The number of nitrogen functional groups attached to an aromatic ring is 1. The normalized spacial score (nSPS) is 16.3. The van der Waals surface area contributed by atoms with Gasteiger partial charge in [0, 0.05) is 61.8 Å². The Labute approximate surface area is 258 Å². The lowest BCUT2D eigenvalue weighted by atomic mass is 9.89. The lowest BCUT2D eigenvalue weighted by molar-refractivity contribution is 0.0153. The zero-order valence-corrected chi connectivity index (χ0v) is 26.2. The Kier molecular flexibility index (Phi) is 9.40. The average Bonchev–Trinajstić information content (AvgIpc) is 3.53. The number of urea groups is 1.